The lowest BCUT2D eigenvalue weighted by atomic mass is 9.96. The summed E-state index contributed by atoms with van der Waals surface area (Å²) in [4.78, 5) is 4.25. The second-order valence-electron chi connectivity index (χ2n) is 6.87. The predicted molar refractivity (Wildman–Crippen MR) is 98.5 cm³/mol. The molecule has 3 rings (SSSR count). The highest BCUT2D eigenvalue weighted by atomic mass is 35.5. The first-order valence-corrected chi connectivity index (χ1v) is 10.5. The van der Waals surface area contributed by atoms with E-state index in [9.17, 15) is 8.42 Å². The molecule has 1 atom stereocenters. The second-order valence-corrected chi connectivity index (χ2v) is 9.53. The Kier molecular flexibility index (Phi) is 5.06. The van der Waals surface area contributed by atoms with Gasteiger partial charge in [-0.3, -0.25) is 4.99 Å². The van der Waals surface area contributed by atoms with E-state index in [1.807, 2.05) is 18.2 Å². The fourth-order valence-corrected chi connectivity index (χ4v) is 5.34. The molecule has 2 N–H and O–H groups in total. The Labute approximate surface area is 148 Å². The van der Waals surface area contributed by atoms with Crippen molar-refractivity contribution in [3.8, 4) is 0 Å². The Bertz CT molecular complexity index is 729. The van der Waals surface area contributed by atoms with Gasteiger partial charge in [0.15, 0.2) is 15.8 Å². The largest absolute Gasteiger partial charge is 0.356 e. The molecule has 1 saturated heterocycles. The number of sulfone groups is 1. The van der Waals surface area contributed by atoms with Gasteiger partial charge in [-0.25, -0.2) is 8.42 Å². The van der Waals surface area contributed by atoms with Gasteiger partial charge < -0.3 is 10.6 Å². The zero-order valence-corrected chi connectivity index (χ0v) is 15.5. The number of nitrogens with zero attached hydrogens (tertiary/aromatic N) is 1. The quantitative estimate of drug-likeness (QED) is 0.615. The highest BCUT2D eigenvalue weighted by molar-refractivity contribution is 7.91. The third kappa shape index (κ3) is 4.22. The van der Waals surface area contributed by atoms with E-state index in [0.717, 1.165) is 36.8 Å². The number of nitrogens with one attached hydrogen (secondary N) is 2. The predicted octanol–water partition coefficient (Wildman–Crippen LogP) is 1.97. The summed E-state index contributed by atoms with van der Waals surface area (Å²) in [6, 6.07) is 8.05. The average Bonchev–Trinajstić information content (AvgIpc) is 3.26. The van der Waals surface area contributed by atoms with Gasteiger partial charge in [-0.15, -0.1) is 0 Å². The molecule has 0 radical (unpaired) electrons. The van der Waals surface area contributed by atoms with Crippen LogP contribution in [0.3, 0.4) is 0 Å². The topological polar surface area (TPSA) is 70.6 Å². The minimum absolute atomic E-state index is 0.138. The number of aliphatic imine (C=N–C) groups is 1. The van der Waals surface area contributed by atoms with Gasteiger partial charge in [0, 0.05) is 30.6 Å². The summed E-state index contributed by atoms with van der Waals surface area (Å²) >= 11 is 6.11. The van der Waals surface area contributed by atoms with Crippen molar-refractivity contribution in [3.63, 3.8) is 0 Å². The Balaban J connectivity index is 1.51. The highest BCUT2D eigenvalue weighted by Crippen LogP contribution is 2.48. The van der Waals surface area contributed by atoms with Gasteiger partial charge in [-0.05, 0) is 42.9 Å². The van der Waals surface area contributed by atoms with Crippen LogP contribution in [-0.2, 0) is 15.3 Å². The lowest BCUT2D eigenvalue weighted by Gasteiger charge is -2.20. The first-order valence-electron chi connectivity index (χ1n) is 8.33. The van der Waals surface area contributed by atoms with Crippen LogP contribution in [-0.4, -0.2) is 46.0 Å². The SMILES string of the molecule is CN=C(NCC1CCS(=O)(=O)C1)NCC1(c2cccc(Cl)c2)CC1. The Morgan fingerprint density at radius 1 is 1.38 bits per heavy atom. The molecule has 2 aliphatic rings. The molecule has 1 aliphatic carbocycles. The van der Waals surface area contributed by atoms with Crippen LogP contribution in [0.1, 0.15) is 24.8 Å². The summed E-state index contributed by atoms with van der Waals surface area (Å²) in [5, 5.41) is 7.41. The van der Waals surface area contributed by atoms with Crippen molar-refractivity contribution in [2.45, 2.75) is 24.7 Å². The number of hydrogen-bond acceptors (Lipinski definition) is 3. The molecule has 0 amide bonds. The molecule has 7 heteroatoms. The Morgan fingerprint density at radius 2 is 2.17 bits per heavy atom. The molecular weight excluding hydrogens is 346 g/mol. The fraction of sp³-hybridized carbons (Fsp3) is 0.588. The van der Waals surface area contributed by atoms with E-state index in [1.165, 1.54) is 5.56 Å². The zero-order valence-electron chi connectivity index (χ0n) is 13.9. The third-order valence-corrected chi connectivity index (χ3v) is 7.07. The molecule has 0 bridgehead atoms. The lowest BCUT2D eigenvalue weighted by molar-refractivity contribution is 0.562. The van der Waals surface area contributed by atoms with Gasteiger partial charge in [-0.1, -0.05) is 23.7 Å². The molecule has 1 unspecified atom stereocenters. The molecule has 2 fully saturated rings. The maximum atomic E-state index is 11.5. The summed E-state index contributed by atoms with van der Waals surface area (Å²) in [6.45, 7) is 1.44. The summed E-state index contributed by atoms with van der Waals surface area (Å²) in [5.41, 5.74) is 1.40. The van der Waals surface area contributed by atoms with Gasteiger partial charge >= 0.3 is 0 Å². The van der Waals surface area contributed by atoms with Gasteiger partial charge in [-0.2, -0.15) is 0 Å². The van der Waals surface area contributed by atoms with Crippen molar-refractivity contribution >= 4 is 27.4 Å². The van der Waals surface area contributed by atoms with Crippen molar-refractivity contribution in [1.82, 2.24) is 10.6 Å². The number of benzene rings is 1. The average molecular weight is 370 g/mol. The highest BCUT2D eigenvalue weighted by Gasteiger charge is 2.44. The molecule has 1 saturated carbocycles. The van der Waals surface area contributed by atoms with Gasteiger partial charge in [0.05, 0.1) is 11.5 Å². The van der Waals surface area contributed by atoms with Crippen molar-refractivity contribution in [2.75, 3.05) is 31.6 Å². The molecular formula is C17H24ClN3O2S. The number of rotatable bonds is 5. The summed E-state index contributed by atoms with van der Waals surface area (Å²) in [5.74, 6) is 1.50. The van der Waals surface area contributed by atoms with E-state index in [1.54, 1.807) is 7.05 Å². The van der Waals surface area contributed by atoms with Crippen LogP contribution in [0.4, 0.5) is 0 Å². The molecule has 132 valence electrons. The van der Waals surface area contributed by atoms with Crippen LogP contribution in [0.2, 0.25) is 5.02 Å². The molecule has 1 aliphatic heterocycles. The molecule has 1 aromatic rings. The maximum absolute atomic E-state index is 11.5. The maximum Gasteiger partial charge on any atom is 0.191 e. The van der Waals surface area contributed by atoms with Crippen LogP contribution < -0.4 is 10.6 Å². The zero-order chi connectivity index (χ0) is 17.2. The van der Waals surface area contributed by atoms with E-state index in [-0.39, 0.29) is 17.1 Å². The van der Waals surface area contributed by atoms with E-state index in [2.05, 4.69) is 21.7 Å². The second kappa shape index (κ2) is 6.92. The van der Waals surface area contributed by atoms with E-state index in [0.29, 0.717) is 12.3 Å². The smallest absolute Gasteiger partial charge is 0.191 e. The summed E-state index contributed by atoms with van der Waals surface area (Å²) < 4.78 is 23.0. The van der Waals surface area contributed by atoms with Crippen molar-refractivity contribution in [2.24, 2.45) is 10.9 Å². The van der Waals surface area contributed by atoms with E-state index >= 15 is 0 Å². The molecule has 1 heterocycles. The third-order valence-electron chi connectivity index (χ3n) is 4.99. The van der Waals surface area contributed by atoms with Crippen LogP contribution in [0.5, 0.6) is 0 Å². The normalized spacial score (nSPS) is 24.6. The minimum atomic E-state index is -2.83. The Morgan fingerprint density at radius 3 is 2.75 bits per heavy atom. The first kappa shape index (κ1) is 17.5. The minimum Gasteiger partial charge on any atom is -0.356 e. The standard InChI is InChI=1S/C17H24ClN3O2S/c1-19-16(20-10-13-5-8-24(22,23)11-13)21-12-17(6-7-17)14-3-2-4-15(18)9-14/h2-4,9,13H,5-8,10-12H2,1H3,(H2,19,20,21). The molecule has 0 aromatic heterocycles. The molecule has 1 aromatic carbocycles. The summed E-state index contributed by atoms with van der Waals surface area (Å²) in [7, 11) is -1.09. The van der Waals surface area contributed by atoms with E-state index < -0.39 is 9.84 Å². The van der Waals surface area contributed by atoms with Crippen molar-refractivity contribution < 1.29 is 8.42 Å². The van der Waals surface area contributed by atoms with Gasteiger partial charge in [0.2, 0.25) is 0 Å². The van der Waals surface area contributed by atoms with Crippen LogP contribution in [0.15, 0.2) is 29.3 Å². The van der Waals surface area contributed by atoms with Crippen molar-refractivity contribution in [1.29, 1.82) is 0 Å². The number of guanidine groups is 1. The van der Waals surface area contributed by atoms with Crippen LogP contribution >= 0.6 is 11.6 Å². The number of halogens is 1. The van der Waals surface area contributed by atoms with Crippen LogP contribution in [0, 0.1) is 5.92 Å². The molecule has 0 spiro atoms. The monoisotopic (exact) mass is 369 g/mol. The van der Waals surface area contributed by atoms with E-state index in [4.69, 9.17) is 11.6 Å². The fourth-order valence-electron chi connectivity index (χ4n) is 3.28. The summed E-state index contributed by atoms with van der Waals surface area (Å²) in [6.07, 6.45) is 3.01. The van der Waals surface area contributed by atoms with Crippen molar-refractivity contribution in [3.05, 3.63) is 34.9 Å². The number of hydrogen-bond donors (Lipinski definition) is 2. The molecule has 24 heavy (non-hydrogen) atoms. The van der Waals surface area contributed by atoms with Gasteiger partial charge in [0.25, 0.3) is 0 Å². The first-order chi connectivity index (χ1) is 11.4. The lowest BCUT2D eigenvalue weighted by Crippen LogP contribution is -2.43. The Hall–Kier alpha value is -1.27. The van der Waals surface area contributed by atoms with Crippen LogP contribution in [0.25, 0.3) is 0 Å². The van der Waals surface area contributed by atoms with Gasteiger partial charge in [0.1, 0.15) is 0 Å². The molecule has 5 nitrogen and oxygen atoms in total.